The molecular weight excluding hydrogens is 308 g/mol. The highest BCUT2D eigenvalue weighted by Gasteiger charge is 2.17. The Hall–Kier alpha value is -2.81. The molecule has 2 heterocycles. The third kappa shape index (κ3) is 2.47. The molecular formula is C22H20N2O. The minimum atomic E-state index is 0.696. The minimum Gasteiger partial charge on any atom is -0.436 e. The fraction of sp³-hybridized carbons (Fsp3) is 0.227. The van der Waals surface area contributed by atoms with Gasteiger partial charge in [0.05, 0.1) is 5.56 Å². The van der Waals surface area contributed by atoms with Crippen molar-refractivity contribution in [3.63, 3.8) is 0 Å². The van der Waals surface area contributed by atoms with Gasteiger partial charge in [0.1, 0.15) is 5.52 Å². The SMILES string of the molecule is CC(Cc1ccc2c(c1)c(-c1nc3ccccc3o1)cn2C)=C1CC1. The maximum atomic E-state index is 6.01. The first-order valence-corrected chi connectivity index (χ1v) is 8.80. The number of oxazole rings is 1. The van der Waals surface area contributed by atoms with E-state index in [0.29, 0.717) is 5.89 Å². The monoisotopic (exact) mass is 328 g/mol. The molecule has 0 aliphatic heterocycles. The normalized spacial score (nSPS) is 13.8. The zero-order chi connectivity index (χ0) is 17.0. The summed E-state index contributed by atoms with van der Waals surface area (Å²) in [5.41, 5.74) is 8.52. The fourth-order valence-corrected chi connectivity index (χ4v) is 3.63. The van der Waals surface area contributed by atoms with E-state index in [-0.39, 0.29) is 0 Å². The molecule has 0 spiro atoms. The Bertz CT molecular complexity index is 1100. The molecule has 25 heavy (non-hydrogen) atoms. The highest BCUT2D eigenvalue weighted by atomic mass is 16.3. The Morgan fingerprint density at radius 2 is 2.00 bits per heavy atom. The van der Waals surface area contributed by atoms with Crippen molar-refractivity contribution >= 4 is 22.0 Å². The van der Waals surface area contributed by atoms with Gasteiger partial charge >= 0.3 is 0 Å². The van der Waals surface area contributed by atoms with Crippen LogP contribution in [0.2, 0.25) is 0 Å². The van der Waals surface area contributed by atoms with Crippen LogP contribution in [0.3, 0.4) is 0 Å². The number of hydrogen-bond acceptors (Lipinski definition) is 2. The van der Waals surface area contributed by atoms with Gasteiger partial charge in [-0.3, -0.25) is 0 Å². The number of rotatable bonds is 3. The number of para-hydroxylation sites is 2. The zero-order valence-electron chi connectivity index (χ0n) is 14.5. The first-order valence-electron chi connectivity index (χ1n) is 8.80. The predicted octanol–water partition coefficient (Wildman–Crippen LogP) is 5.64. The summed E-state index contributed by atoms with van der Waals surface area (Å²) in [6.07, 6.45) is 5.72. The maximum absolute atomic E-state index is 6.01. The van der Waals surface area contributed by atoms with E-state index in [2.05, 4.69) is 47.9 Å². The van der Waals surface area contributed by atoms with Gasteiger partial charge in [0.15, 0.2) is 5.58 Å². The van der Waals surface area contributed by atoms with Crippen LogP contribution in [0.25, 0.3) is 33.5 Å². The number of aromatic nitrogens is 2. The van der Waals surface area contributed by atoms with Crippen molar-refractivity contribution in [1.82, 2.24) is 9.55 Å². The van der Waals surface area contributed by atoms with Gasteiger partial charge in [0.25, 0.3) is 0 Å². The van der Waals surface area contributed by atoms with Gasteiger partial charge in [-0.05, 0) is 56.0 Å². The molecule has 2 aromatic carbocycles. The molecule has 124 valence electrons. The summed E-state index contributed by atoms with van der Waals surface area (Å²) in [6.45, 7) is 2.26. The topological polar surface area (TPSA) is 31.0 Å². The van der Waals surface area contributed by atoms with Crippen LogP contribution < -0.4 is 0 Å². The Balaban J connectivity index is 1.65. The van der Waals surface area contributed by atoms with Gasteiger partial charge in [-0.2, -0.15) is 0 Å². The molecule has 0 unspecified atom stereocenters. The van der Waals surface area contributed by atoms with Crippen molar-refractivity contribution < 1.29 is 4.42 Å². The van der Waals surface area contributed by atoms with Crippen LogP contribution in [0.1, 0.15) is 25.3 Å². The van der Waals surface area contributed by atoms with Crippen LogP contribution in [-0.4, -0.2) is 9.55 Å². The van der Waals surface area contributed by atoms with Crippen LogP contribution in [0.5, 0.6) is 0 Å². The van der Waals surface area contributed by atoms with Gasteiger partial charge < -0.3 is 8.98 Å². The third-order valence-electron chi connectivity index (χ3n) is 5.15. The average molecular weight is 328 g/mol. The maximum Gasteiger partial charge on any atom is 0.229 e. The largest absolute Gasteiger partial charge is 0.436 e. The molecule has 3 nitrogen and oxygen atoms in total. The van der Waals surface area contributed by atoms with Crippen LogP contribution >= 0.6 is 0 Å². The lowest BCUT2D eigenvalue weighted by Crippen LogP contribution is -1.88. The van der Waals surface area contributed by atoms with E-state index in [9.17, 15) is 0 Å². The van der Waals surface area contributed by atoms with Crippen LogP contribution in [0, 0.1) is 0 Å². The highest BCUT2D eigenvalue weighted by Crippen LogP contribution is 2.35. The minimum absolute atomic E-state index is 0.696. The van der Waals surface area contributed by atoms with E-state index in [1.165, 1.54) is 34.9 Å². The van der Waals surface area contributed by atoms with E-state index < -0.39 is 0 Å². The summed E-state index contributed by atoms with van der Waals surface area (Å²) in [5, 5.41) is 1.21. The molecule has 5 rings (SSSR count). The smallest absolute Gasteiger partial charge is 0.229 e. The second-order valence-electron chi connectivity index (χ2n) is 7.05. The Morgan fingerprint density at radius 1 is 1.16 bits per heavy atom. The van der Waals surface area contributed by atoms with Crippen LogP contribution in [0.4, 0.5) is 0 Å². The van der Waals surface area contributed by atoms with Gasteiger partial charge in [-0.15, -0.1) is 0 Å². The standard InChI is InChI=1S/C22H20N2O/c1-14(16-8-9-16)11-15-7-10-20-17(12-15)18(13-24(20)2)22-23-19-5-3-4-6-21(19)25-22/h3-7,10,12-13H,8-9,11H2,1-2H3. The third-order valence-corrected chi connectivity index (χ3v) is 5.15. The van der Waals surface area contributed by atoms with Crippen molar-refractivity contribution in [1.29, 1.82) is 0 Å². The summed E-state index contributed by atoms with van der Waals surface area (Å²) in [4.78, 5) is 4.69. The molecule has 0 N–H and O–H groups in total. The molecule has 0 saturated heterocycles. The Labute approximate surface area is 146 Å². The van der Waals surface area contributed by atoms with E-state index in [1.54, 1.807) is 5.57 Å². The number of fused-ring (bicyclic) bond motifs is 2. The van der Waals surface area contributed by atoms with Gasteiger partial charge in [-0.25, -0.2) is 4.98 Å². The Morgan fingerprint density at radius 3 is 2.80 bits per heavy atom. The zero-order valence-corrected chi connectivity index (χ0v) is 14.5. The summed E-state index contributed by atoms with van der Waals surface area (Å²) in [7, 11) is 2.07. The first-order chi connectivity index (χ1) is 12.2. The van der Waals surface area contributed by atoms with E-state index in [1.807, 2.05) is 24.3 Å². The lowest BCUT2D eigenvalue weighted by molar-refractivity contribution is 0.620. The lowest BCUT2D eigenvalue weighted by Gasteiger charge is -2.04. The second kappa shape index (κ2) is 5.35. The molecule has 0 atom stereocenters. The van der Waals surface area contributed by atoms with E-state index >= 15 is 0 Å². The lowest BCUT2D eigenvalue weighted by atomic mass is 10.0. The van der Waals surface area contributed by atoms with Crippen molar-refractivity contribution in [2.75, 3.05) is 0 Å². The molecule has 4 aromatic rings. The molecule has 1 aliphatic rings. The van der Waals surface area contributed by atoms with Crippen molar-refractivity contribution in [2.24, 2.45) is 7.05 Å². The predicted molar refractivity (Wildman–Crippen MR) is 102 cm³/mol. The fourth-order valence-electron chi connectivity index (χ4n) is 3.63. The first kappa shape index (κ1) is 14.5. The van der Waals surface area contributed by atoms with Crippen molar-refractivity contribution in [2.45, 2.75) is 26.2 Å². The number of allylic oxidation sites excluding steroid dienone is 2. The van der Waals surface area contributed by atoms with Crippen molar-refractivity contribution in [3.05, 3.63) is 65.4 Å². The summed E-state index contributed by atoms with van der Waals surface area (Å²) in [5.74, 6) is 0.696. The van der Waals surface area contributed by atoms with Gasteiger partial charge in [0.2, 0.25) is 5.89 Å². The molecule has 2 aromatic heterocycles. The number of benzene rings is 2. The number of nitrogens with zero attached hydrogens (tertiary/aromatic N) is 2. The van der Waals surface area contributed by atoms with Crippen LogP contribution in [0.15, 0.2) is 64.2 Å². The molecule has 0 bridgehead atoms. The Kier molecular flexibility index (Phi) is 3.11. The average Bonchev–Trinajstić information content (AvgIpc) is 3.30. The molecule has 1 aliphatic carbocycles. The molecule has 0 amide bonds. The van der Waals surface area contributed by atoms with Crippen LogP contribution in [-0.2, 0) is 13.5 Å². The van der Waals surface area contributed by atoms with Gasteiger partial charge in [0, 0.05) is 24.1 Å². The second-order valence-corrected chi connectivity index (χ2v) is 7.05. The summed E-state index contributed by atoms with van der Waals surface area (Å²) < 4.78 is 8.16. The molecule has 3 heteroatoms. The highest BCUT2D eigenvalue weighted by molar-refractivity contribution is 5.95. The van der Waals surface area contributed by atoms with E-state index in [0.717, 1.165) is 23.1 Å². The van der Waals surface area contributed by atoms with E-state index in [4.69, 9.17) is 4.42 Å². The van der Waals surface area contributed by atoms with Crippen molar-refractivity contribution in [3.8, 4) is 11.5 Å². The number of aryl methyl sites for hydroxylation is 1. The van der Waals surface area contributed by atoms with Gasteiger partial charge in [-0.1, -0.05) is 29.3 Å². The summed E-state index contributed by atoms with van der Waals surface area (Å²) >= 11 is 0. The summed E-state index contributed by atoms with van der Waals surface area (Å²) in [6, 6.07) is 14.7. The molecule has 1 saturated carbocycles. The molecule has 1 fully saturated rings. The molecule has 0 radical (unpaired) electrons. The number of hydrogen-bond donors (Lipinski definition) is 0. The quantitative estimate of drug-likeness (QED) is 0.456.